The lowest BCUT2D eigenvalue weighted by atomic mass is 10.8. The molecule has 0 spiro atoms. The van der Waals surface area contributed by atoms with Gasteiger partial charge in [0.1, 0.15) is 0 Å². The minimum Gasteiger partial charge on any atom is -0.207 e. The molecule has 0 aromatic rings. The van der Waals surface area contributed by atoms with Gasteiger partial charge >= 0.3 is 0 Å². The number of alkyl halides is 6. The Labute approximate surface area is 71.8 Å². The van der Waals surface area contributed by atoms with E-state index in [0.29, 0.717) is 0 Å². The van der Waals surface area contributed by atoms with Crippen molar-refractivity contribution in [1.29, 1.82) is 0 Å². The van der Waals surface area contributed by atoms with E-state index in [-0.39, 0.29) is 0 Å². The molecule has 0 N–H and O–H groups in total. The van der Waals surface area contributed by atoms with Crippen LogP contribution in [0.1, 0.15) is 0 Å². The highest BCUT2D eigenvalue weighted by Gasteiger charge is 2.47. The SMILES string of the molecule is F[C@](Cl)(Br)[C@@](F)(Cl)Br. The van der Waals surface area contributed by atoms with Gasteiger partial charge in [-0.1, -0.05) is 23.2 Å². The Kier molecular flexibility index (Phi) is 3.01. The van der Waals surface area contributed by atoms with Gasteiger partial charge < -0.3 is 0 Å². The van der Waals surface area contributed by atoms with Gasteiger partial charge in [0, 0.05) is 0 Å². The van der Waals surface area contributed by atoms with Gasteiger partial charge in [0.25, 0.3) is 8.07 Å². The minimum absolute atomic E-state index is 2.14. The Morgan fingerprint density at radius 1 is 1.00 bits per heavy atom. The van der Waals surface area contributed by atoms with Crippen LogP contribution in [0.3, 0.4) is 0 Å². The van der Waals surface area contributed by atoms with E-state index in [1.54, 1.807) is 0 Å². The molecule has 2 atom stereocenters. The van der Waals surface area contributed by atoms with Crippen LogP contribution in [0.15, 0.2) is 0 Å². The fourth-order valence-electron chi connectivity index (χ4n) is 0. The summed E-state index contributed by atoms with van der Waals surface area (Å²) < 4.78 is 18.5. The van der Waals surface area contributed by atoms with E-state index >= 15 is 0 Å². The minimum atomic E-state index is -2.76. The van der Waals surface area contributed by atoms with E-state index in [4.69, 9.17) is 23.2 Å². The molecule has 0 unspecified atom stereocenters. The predicted octanol–water partition coefficient (Wildman–Crippen LogP) is 3.50. The largest absolute Gasteiger partial charge is 0.295 e. The Bertz CT molecular complexity index is 71.0. The van der Waals surface area contributed by atoms with Crippen molar-refractivity contribution in [3.63, 3.8) is 0 Å². The molecule has 0 aromatic carbocycles. The Hall–Kier alpha value is 1.40. The maximum absolute atomic E-state index is 12.0. The predicted molar refractivity (Wildman–Crippen MR) is 37.2 cm³/mol. The smallest absolute Gasteiger partial charge is 0.207 e. The third-order valence-corrected chi connectivity index (χ3v) is 3.02. The van der Waals surface area contributed by atoms with E-state index in [2.05, 4.69) is 31.9 Å². The molecule has 0 bridgehead atoms. The van der Waals surface area contributed by atoms with E-state index < -0.39 is 8.07 Å². The fraction of sp³-hybridized carbons (Fsp3) is 1.00. The van der Waals surface area contributed by atoms with Gasteiger partial charge in [0.15, 0.2) is 0 Å². The molecule has 0 saturated heterocycles. The van der Waals surface area contributed by atoms with Gasteiger partial charge in [-0.3, -0.25) is 0 Å². The average molecular weight is 293 g/mol. The quantitative estimate of drug-likeness (QED) is 0.649. The lowest BCUT2D eigenvalue weighted by Gasteiger charge is -2.16. The molecule has 50 valence electrons. The van der Waals surface area contributed by atoms with Crippen LogP contribution in [0.5, 0.6) is 0 Å². The molecule has 0 heterocycles. The van der Waals surface area contributed by atoms with E-state index in [1.165, 1.54) is 0 Å². The van der Waals surface area contributed by atoms with Gasteiger partial charge in [-0.25, -0.2) is 8.78 Å². The molecule has 8 heavy (non-hydrogen) atoms. The van der Waals surface area contributed by atoms with Crippen LogP contribution >= 0.6 is 55.1 Å². The number of rotatable bonds is 1. The highest BCUT2D eigenvalue weighted by Crippen LogP contribution is 2.47. The normalized spacial score (nSPS) is 26.2. The van der Waals surface area contributed by atoms with Crippen LogP contribution in [-0.4, -0.2) is 8.07 Å². The summed E-state index contributed by atoms with van der Waals surface area (Å²) in [5.74, 6) is 0. The molecule has 0 radical (unpaired) electrons. The highest BCUT2D eigenvalue weighted by atomic mass is 79.9. The molecule has 0 amide bonds. The Balaban J connectivity index is 4.02. The van der Waals surface area contributed by atoms with Crippen molar-refractivity contribution in [2.75, 3.05) is 0 Å². The molecular formula is C2Br2Cl2F2. The van der Waals surface area contributed by atoms with Gasteiger partial charge in [0.2, 0.25) is 0 Å². The molecular weight excluding hydrogens is 293 g/mol. The number of halogens is 6. The highest BCUT2D eigenvalue weighted by molar-refractivity contribution is 9.13. The second kappa shape index (κ2) is 2.56. The standard InChI is InChI=1S/C2Br2Cl2F2/c3-1(5,7)2(4,6)8/t1-,2-/m0/s1. The average Bonchev–Trinajstić information content (AvgIpc) is 1.25. The van der Waals surface area contributed by atoms with E-state index in [1.807, 2.05) is 0 Å². The summed E-state index contributed by atoms with van der Waals surface area (Å²) >= 11 is 13.7. The molecule has 0 aliphatic rings. The number of hydrogen-bond donors (Lipinski definition) is 0. The van der Waals surface area contributed by atoms with Gasteiger partial charge in [0.05, 0.1) is 0 Å². The van der Waals surface area contributed by atoms with Crippen molar-refractivity contribution in [1.82, 2.24) is 0 Å². The Morgan fingerprint density at radius 3 is 1.12 bits per heavy atom. The number of hydrogen-bond acceptors (Lipinski definition) is 0. The molecule has 0 saturated carbocycles. The zero-order valence-electron chi connectivity index (χ0n) is 3.27. The first-order valence-electron chi connectivity index (χ1n) is 1.38. The Morgan fingerprint density at radius 2 is 1.12 bits per heavy atom. The zero-order chi connectivity index (χ0) is 7.00. The third kappa shape index (κ3) is 2.80. The summed E-state index contributed by atoms with van der Waals surface area (Å²) in [4.78, 5) is 0. The van der Waals surface area contributed by atoms with Crippen molar-refractivity contribution in [3.8, 4) is 0 Å². The molecule has 0 rings (SSSR count). The van der Waals surface area contributed by atoms with Crippen LogP contribution in [0.2, 0.25) is 0 Å². The lowest BCUT2D eigenvalue weighted by Crippen LogP contribution is -2.24. The molecule has 6 heteroatoms. The van der Waals surface area contributed by atoms with Crippen LogP contribution in [0.25, 0.3) is 0 Å². The summed E-state index contributed by atoms with van der Waals surface area (Å²) in [6.07, 6.45) is 0. The second-order valence-electron chi connectivity index (χ2n) is 0.996. The lowest BCUT2D eigenvalue weighted by molar-refractivity contribution is 0.260. The second-order valence-corrected chi connectivity index (χ2v) is 5.14. The summed E-state index contributed by atoms with van der Waals surface area (Å²) in [6, 6.07) is 0. The molecule has 0 aromatic heterocycles. The first-order chi connectivity index (χ1) is 3.25. The van der Waals surface area contributed by atoms with Crippen LogP contribution in [0, 0.1) is 0 Å². The van der Waals surface area contributed by atoms with E-state index in [0.717, 1.165) is 0 Å². The maximum atomic E-state index is 12.0. The van der Waals surface area contributed by atoms with Gasteiger partial charge in [-0.15, -0.1) is 0 Å². The van der Waals surface area contributed by atoms with Crippen molar-refractivity contribution in [2.24, 2.45) is 0 Å². The molecule has 0 nitrogen and oxygen atoms in total. The van der Waals surface area contributed by atoms with Crippen molar-refractivity contribution >= 4 is 55.1 Å². The molecule has 0 aliphatic carbocycles. The van der Waals surface area contributed by atoms with Crippen LogP contribution < -0.4 is 0 Å². The fourth-order valence-corrected chi connectivity index (χ4v) is 0. The molecule has 0 fully saturated rings. The van der Waals surface area contributed by atoms with Crippen molar-refractivity contribution in [3.05, 3.63) is 0 Å². The summed E-state index contributed by atoms with van der Waals surface area (Å²) in [7, 11) is 0. The zero-order valence-corrected chi connectivity index (χ0v) is 7.95. The maximum Gasteiger partial charge on any atom is 0.295 e. The summed E-state index contributed by atoms with van der Waals surface area (Å²) in [5.41, 5.74) is 0. The third-order valence-electron chi connectivity index (χ3n) is 0.321. The van der Waals surface area contributed by atoms with Crippen molar-refractivity contribution < 1.29 is 8.78 Å². The summed E-state index contributed by atoms with van der Waals surface area (Å²) in [5, 5.41) is 0. The van der Waals surface area contributed by atoms with Crippen LogP contribution in [-0.2, 0) is 0 Å². The first-order valence-corrected chi connectivity index (χ1v) is 3.73. The van der Waals surface area contributed by atoms with Gasteiger partial charge in [-0.05, 0) is 31.9 Å². The topological polar surface area (TPSA) is 0 Å². The van der Waals surface area contributed by atoms with E-state index in [9.17, 15) is 8.78 Å². The molecule has 0 aliphatic heterocycles. The van der Waals surface area contributed by atoms with Gasteiger partial charge in [-0.2, -0.15) is 0 Å². The van der Waals surface area contributed by atoms with Crippen LogP contribution in [0.4, 0.5) is 8.78 Å². The monoisotopic (exact) mass is 290 g/mol. The van der Waals surface area contributed by atoms with Crippen molar-refractivity contribution in [2.45, 2.75) is 8.07 Å². The first kappa shape index (κ1) is 9.40. The summed E-state index contributed by atoms with van der Waals surface area (Å²) in [6.45, 7) is 0.